The van der Waals surface area contributed by atoms with Crippen LogP contribution in [0.25, 0.3) is 10.2 Å². The predicted molar refractivity (Wildman–Crippen MR) is 135 cm³/mol. The number of aromatic nitrogens is 1. The summed E-state index contributed by atoms with van der Waals surface area (Å²) in [6.07, 6.45) is 0. The van der Waals surface area contributed by atoms with Crippen molar-refractivity contribution in [1.82, 2.24) is 9.88 Å². The number of rotatable bonds is 10. The van der Waals surface area contributed by atoms with Crippen LogP contribution in [0.5, 0.6) is 11.5 Å². The van der Waals surface area contributed by atoms with Crippen molar-refractivity contribution in [3.8, 4) is 11.5 Å². The summed E-state index contributed by atoms with van der Waals surface area (Å²) in [6, 6.07) is 11.1. The number of carbonyl (C=O) groups is 1. The van der Waals surface area contributed by atoms with Gasteiger partial charge in [-0.15, -0.1) is 12.4 Å². The van der Waals surface area contributed by atoms with E-state index in [1.807, 2.05) is 31.2 Å². The van der Waals surface area contributed by atoms with Gasteiger partial charge in [-0.1, -0.05) is 55.0 Å². The van der Waals surface area contributed by atoms with E-state index in [1.54, 1.807) is 24.1 Å². The smallest absolute Gasteiger partial charge is 0.266 e. The molecule has 0 saturated heterocycles. The van der Waals surface area contributed by atoms with Crippen LogP contribution >= 0.6 is 35.3 Å². The van der Waals surface area contributed by atoms with E-state index in [0.717, 1.165) is 35.4 Å². The maximum atomic E-state index is 13.2. The van der Waals surface area contributed by atoms with E-state index < -0.39 is 0 Å². The number of hydrogen-bond acceptors (Lipinski definition) is 6. The Hall–Kier alpha value is -2.06. The van der Waals surface area contributed by atoms with E-state index in [1.165, 1.54) is 11.3 Å². The number of halogens is 2. The minimum atomic E-state index is -0.161. The lowest BCUT2D eigenvalue weighted by molar-refractivity contribution is -0.120. The Labute approximate surface area is 204 Å². The molecule has 174 valence electrons. The van der Waals surface area contributed by atoms with Crippen molar-refractivity contribution in [2.75, 3.05) is 44.8 Å². The minimum absolute atomic E-state index is 0. The highest BCUT2D eigenvalue weighted by molar-refractivity contribution is 7.23. The highest BCUT2D eigenvalue weighted by Gasteiger charge is 2.22. The molecule has 6 nitrogen and oxygen atoms in total. The van der Waals surface area contributed by atoms with Gasteiger partial charge < -0.3 is 14.4 Å². The number of anilines is 1. The summed E-state index contributed by atoms with van der Waals surface area (Å²) in [5, 5.41) is 1.28. The first-order chi connectivity index (χ1) is 15.0. The second kappa shape index (κ2) is 12.3. The van der Waals surface area contributed by atoms with Crippen molar-refractivity contribution in [2.24, 2.45) is 0 Å². The first-order valence-corrected chi connectivity index (χ1v) is 11.5. The van der Waals surface area contributed by atoms with Gasteiger partial charge in [-0.05, 0) is 43.8 Å². The number of likely N-dealkylation sites (N-methyl/N-ethyl adjacent to an activating group) is 1. The van der Waals surface area contributed by atoms with Crippen LogP contribution in [-0.4, -0.2) is 55.7 Å². The van der Waals surface area contributed by atoms with E-state index in [-0.39, 0.29) is 24.9 Å². The Kier molecular flexibility index (Phi) is 10.0. The van der Waals surface area contributed by atoms with Crippen molar-refractivity contribution < 1.29 is 14.3 Å². The normalized spacial score (nSPS) is 10.8. The van der Waals surface area contributed by atoms with E-state index in [0.29, 0.717) is 28.2 Å². The third-order valence-electron chi connectivity index (χ3n) is 5.17. The van der Waals surface area contributed by atoms with E-state index in [2.05, 4.69) is 18.7 Å². The summed E-state index contributed by atoms with van der Waals surface area (Å²) < 4.78 is 12.0. The summed E-state index contributed by atoms with van der Waals surface area (Å²) >= 11 is 7.83. The Morgan fingerprint density at radius 2 is 1.78 bits per heavy atom. The topological polar surface area (TPSA) is 54.9 Å². The maximum absolute atomic E-state index is 13.2. The first-order valence-electron chi connectivity index (χ1n) is 10.3. The molecule has 9 heteroatoms. The molecule has 0 spiro atoms. The number of hydrogen-bond donors (Lipinski definition) is 0. The molecule has 3 rings (SSSR count). The van der Waals surface area contributed by atoms with Crippen LogP contribution in [0.2, 0.25) is 5.02 Å². The molecular formula is C23H29Cl2N3O3S. The number of para-hydroxylation sites is 2. The zero-order chi connectivity index (χ0) is 22.4. The van der Waals surface area contributed by atoms with Crippen LogP contribution < -0.4 is 14.4 Å². The van der Waals surface area contributed by atoms with Gasteiger partial charge in [-0.2, -0.15) is 0 Å². The molecule has 0 bridgehead atoms. The summed E-state index contributed by atoms with van der Waals surface area (Å²) in [5.74, 6) is 0.962. The van der Waals surface area contributed by atoms with Gasteiger partial charge in [-0.25, -0.2) is 4.98 Å². The van der Waals surface area contributed by atoms with Crippen LogP contribution in [0.15, 0.2) is 36.4 Å². The van der Waals surface area contributed by atoms with Gasteiger partial charge in [0, 0.05) is 13.1 Å². The lowest BCUT2D eigenvalue weighted by Crippen LogP contribution is -2.41. The predicted octanol–water partition coefficient (Wildman–Crippen LogP) is 5.44. The Bertz CT molecular complexity index is 1000. The Morgan fingerprint density at radius 1 is 1.09 bits per heavy atom. The molecule has 0 N–H and O–H groups in total. The van der Waals surface area contributed by atoms with Gasteiger partial charge >= 0.3 is 0 Å². The molecule has 0 atom stereocenters. The molecule has 0 unspecified atom stereocenters. The van der Waals surface area contributed by atoms with Gasteiger partial charge in [0.2, 0.25) is 0 Å². The molecule has 0 aliphatic heterocycles. The fraction of sp³-hybridized carbons (Fsp3) is 0.391. The average Bonchev–Trinajstić information content (AvgIpc) is 3.24. The van der Waals surface area contributed by atoms with E-state index in [4.69, 9.17) is 26.1 Å². The molecule has 2 aromatic carbocycles. The fourth-order valence-electron chi connectivity index (χ4n) is 3.27. The maximum Gasteiger partial charge on any atom is 0.266 e. The summed E-state index contributed by atoms with van der Waals surface area (Å²) in [6.45, 7) is 9.21. The zero-order valence-corrected chi connectivity index (χ0v) is 21.1. The second-order valence-electron chi connectivity index (χ2n) is 7.05. The van der Waals surface area contributed by atoms with Gasteiger partial charge in [0.15, 0.2) is 23.2 Å². The third-order valence-corrected chi connectivity index (χ3v) is 6.71. The Morgan fingerprint density at radius 3 is 2.41 bits per heavy atom. The number of nitrogens with zero attached hydrogens (tertiary/aromatic N) is 3. The molecule has 0 aliphatic carbocycles. The highest BCUT2D eigenvalue weighted by atomic mass is 35.5. The highest BCUT2D eigenvalue weighted by Crippen LogP contribution is 2.35. The standard InChI is InChI=1S/C23H28ClN3O3S.ClH/c1-5-26(6-2)13-14-27(20(28)15-30-19-10-8-7-9-18(19)29-4)23-25-21-16(3)11-12-17(24)22(21)31-23;/h7-12H,5-6,13-15H2,1-4H3;1H. The van der Waals surface area contributed by atoms with Crippen LogP contribution in [0.3, 0.4) is 0 Å². The van der Waals surface area contributed by atoms with Crippen LogP contribution in [-0.2, 0) is 4.79 Å². The molecular weight excluding hydrogens is 469 g/mol. The monoisotopic (exact) mass is 497 g/mol. The molecule has 0 radical (unpaired) electrons. The second-order valence-corrected chi connectivity index (χ2v) is 8.43. The van der Waals surface area contributed by atoms with E-state index in [9.17, 15) is 4.79 Å². The lowest BCUT2D eigenvalue weighted by Gasteiger charge is -2.24. The zero-order valence-electron chi connectivity index (χ0n) is 18.8. The number of thiazole rings is 1. The van der Waals surface area contributed by atoms with Crippen LogP contribution in [0.4, 0.5) is 5.13 Å². The molecule has 1 aromatic heterocycles. The third kappa shape index (κ3) is 6.04. The Balaban J connectivity index is 0.00000363. The quantitative estimate of drug-likeness (QED) is 0.373. The summed E-state index contributed by atoms with van der Waals surface area (Å²) in [4.78, 5) is 22.0. The van der Waals surface area contributed by atoms with Crippen LogP contribution in [0.1, 0.15) is 19.4 Å². The number of amides is 1. The summed E-state index contributed by atoms with van der Waals surface area (Å²) in [7, 11) is 1.58. The fourth-order valence-corrected chi connectivity index (χ4v) is 4.63. The lowest BCUT2D eigenvalue weighted by atomic mass is 10.2. The molecule has 0 saturated carbocycles. The number of carbonyl (C=O) groups excluding carboxylic acids is 1. The molecule has 0 fully saturated rings. The molecule has 32 heavy (non-hydrogen) atoms. The van der Waals surface area contributed by atoms with Gasteiger partial charge in [0.25, 0.3) is 5.91 Å². The molecule has 1 heterocycles. The first kappa shape index (κ1) is 26.2. The number of benzene rings is 2. The van der Waals surface area contributed by atoms with E-state index >= 15 is 0 Å². The van der Waals surface area contributed by atoms with Crippen LogP contribution in [0, 0.1) is 6.92 Å². The van der Waals surface area contributed by atoms with Gasteiger partial charge in [-0.3, -0.25) is 9.69 Å². The average molecular weight is 498 g/mol. The number of methoxy groups -OCH3 is 1. The van der Waals surface area contributed by atoms with Crippen molar-refractivity contribution in [2.45, 2.75) is 20.8 Å². The van der Waals surface area contributed by atoms with Crippen molar-refractivity contribution >= 4 is 56.6 Å². The molecule has 3 aromatic rings. The number of ether oxygens (including phenoxy) is 2. The largest absolute Gasteiger partial charge is 0.493 e. The molecule has 1 amide bonds. The number of aryl methyl sites for hydroxylation is 1. The van der Waals surface area contributed by atoms with Gasteiger partial charge in [0.1, 0.15) is 0 Å². The van der Waals surface area contributed by atoms with Crippen molar-refractivity contribution in [3.63, 3.8) is 0 Å². The summed E-state index contributed by atoms with van der Waals surface area (Å²) in [5.41, 5.74) is 1.86. The number of fused-ring (bicyclic) bond motifs is 1. The SMILES string of the molecule is CCN(CC)CCN(C(=O)COc1ccccc1OC)c1nc2c(C)ccc(Cl)c2s1.Cl. The van der Waals surface area contributed by atoms with Crippen molar-refractivity contribution in [3.05, 3.63) is 47.0 Å². The van der Waals surface area contributed by atoms with Gasteiger partial charge in [0.05, 0.1) is 22.3 Å². The molecule has 0 aliphatic rings. The van der Waals surface area contributed by atoms with Crippen molar-refractivity contribution in [1.29, 1.82) is 0 Å². The minimum Gasteiger partial charge on any atom is -0.493 e.